The monoisotopic (exact) mass is 1800 g/mol. The second-order valence-corrected chi connectivity index (χ2v) is 48.0. The lowest BCUT2D eigenvalue weighted by Crippen LogP contribution is -2.10. The van der Waals surface area contributed by atoms with Crippen molar-refractivity contribution in [3.63, 3.8) is 0 Å². The van der Waals surface area contributed by atoms with Gasteiger partial charge >= 0.3 is 0 Å². The van der Waals surface area contributed by atoms with E-state index in [9.17, 15) is 0 Å². The van der Waals surface area contributed by atoms with Crippen LogP contribution >= 0.6 is 0 Å². The van der Waals surface area contributed by atoms with Crippen molar-refractivity contribution in [1.29, 1.82) is 0 Å². The average Bonchev–Trinajstić information content (AvgIpc) is 1.55. The number of nitrogens with zero attached hydrogens (tertiary/aromatic N) is 2. The molecule has 0 saturated heterocycles. The van der Waals surface area contributed by atoms with E-state index in [1.54, 1.807) is 0 Å². The van der Waals surface area contributed by atoms with Crippen LogP contribution in [-0.4, -0.2) is 9.13 Å². The maximum Gasteiger partial charge on any atom is 0.0548 e. The van der Waals surface area contributed by atoms with Crippen molar-refractivity contribution in [3.05, 3.63) is 407 Å². The van der Waals surface area contributed by atoms with E-state index in [-0.39, 0.29) is 43.3 Å². The van der Waals surface area contributed by atoms with E-state index >= 15 is 0 Å². The van der Waals surface area contributed by atoms with Crippen LogP contribution in [0.2, 0.25) is 0 Å². The Morgan fingerprint density at radius 2 is 0.254 bits per heavy atom. The van der Waals surface area contributed by atoms with Gasteiger partial charge in [0.05, 0.1) is 22.1 Å². The second-order valence-electron chi connectivity index (χ2n) is 48.0. The standard InChI is InChI=1S/C136H136N2/c1-85-27-61-125-121(63-85)123-83-128-124(84-127(123)137(125)119-79-107(103-69-95(87-29-45-111(46-30-87)129(3,4)5)65-96(70-103)88-31-47-112(48-32-88)130(6,7)8)77-108(80-119)104-71-97(89-33-49-113(50-34-89)131(9,10)11)66-98(72-104)90-35-51-114(52-36-90)132(12,13)14)122-64-86(2)28-62-126(122)138(128)120-81-109(105-73-99(91-37-53-115(54-38-91)133(15,16)17)67-100(74-105)92-39-55-116(56-40-92)134(18,19)20)78-110(82-120)106-75-101(93-41-57-117(58-42-93)135(21,22)23)68-102(76-106)94-43-59-118(60-44-94)136(24,25)26/h27-84H,1-26H3. The molecule has 0 N–H and O–H groups in total. The van der Waals surface area contributed by atoms with Crippen molar-refractivity contribution >= 4 is 43.6 Å². The van der Waals surface area contributed by atoms with Crippen LogP contribution in [0.1, 0.15) is 222 Å². The molecule has 0 amide bonds. The number of fused-ring (bicyclic) bond motifs is 6. The predicted molar refractivity (Wildman–Crippen MR) is 599 cm³/mol. The van der Waals surface area contributed by atoms with Crippen molar-refractivity contribution in [3.8, 4) is 145 Å². The van der Waals surface area contributed by atoms with Crippen molar-refractivity contribution < 1.29 is 0 Å². The summed E-state index contributed by atoms with van der Waals surface area (Å²) in [5.74, 6) is 0. The molecule has 138 heavy (non-hydrogen) atoms. The molecule has 19 aromatic rings. The zero-order valence-electron chi connectivity index (χ0n) is 86.4. The highest BCUT2D eigenvalue weighted by molar-refractivity contribution is 6.19. The summed E-state index contributed by atoms with van der Waals surface area (Å²) in [5.41, 5.74) is 47.2. The Morgan fingerprint density at radius 1 is 0.123 bits per heavy atom. The second kappa shape index (κ2) is 34.8. The first-order valence-corrected chi connectivity index (χ1v) is 49.9. The number of rotatable bonds is 14. The summed E-state index contributed by atoms with van der Waals surface area (Å²) in [6.07, 6.45) is 0. The van der Waals surface area contributed by atoms with Crippen LogP contribution in [0.5, 0.6) is 0 Å². The Hall–Kier alpha value is -13.7. The van der Waals surface area contributed by atoms with Gasteiger partial charge in [-0.1, -0.05) is 384 Å². The van der Waals surface area contributed by atoms with Gasteiger partial charge in [-0.3, -0.25) is 0 Å². The van der Waals surface area contributed by atoms with Crippen LogP contribution < -0.4 is 0 Å². The molecule has 0 fully saturated rings. The van der Waals surface area contributed by atoms with Gasteiger partial charge in [0.1, 0.15) is 0 Å². The molecule has 2 heteroatoms. The number of benzene rings is 17. The van der Waals surface area contributed by atoms with Crippen LogP contribution in [0.15, 0.2) is 352 Å². The average molecular weight is 1800 g/mol. The van der Waals surface area contributed by atoms with Crippen LogP contribution in [0, 0.1) is 13.8 Å². The summed E-state index contributed by atoms with van der Waals surface area (Å²) >= 11 is 0. The minimum atomic E-state index is -0.00954. The van der Waals surface area contributed by atoms with Gasteiger partial charge in [-0.05, 0) is 381 Å². The van der Waals surface area contributed by atoms with Crippen LogP contribution in [-0.2, 0) is 43.3 Å². The molecule has 0 bridgehead atoms. The smallest absolute Gasteiger partial charge is 0.0548 e. The lowest BCUT2D eigenvalue weighted by atomic mass is 9.84. The van der Waals surface area contributed by atoms with E-state index in [0.717, 1.165) is 77.9 Å². The molecule has 0 spiro atoms. The molecule has 2 aromatic heterocycles. The van der Waals surface area contributed by atoms with Crippen LogP contribution in [0.4, 0.5) is 0 Å². The van der Waals surface area contributed by atoms with E-state index in [4.69, 9.17) is 0 Å². The molecule has 0 atom stereocenters. The zero-order valence-corrected chi connectivity index (χ0v) is 86.4. The number of hydrogen-bond donors (Lipinski definition) is 0. The Balaban J connectivity index is 0.888. The molecule has 0 unspecified atom stereocenters. The van der Waals surface area contributed by atoms with E-state index in [1.807, 2.05) is 0 Å². The maximum atomic E-state index is 2.60. The highest BCUT2D eigenvalue weighted by Crippen LogP contribution is 2.49. The summed E-state index contributed by atoms with van der Waals surface area (Å²) in [6.45, 7) is 59.8. The highest BCUT2D eigenvalue weighted by Gasteiger charge is 2.28. The first-order valence-electron chi connectivity index (χ1n) is 49.9. The first-order chi connectivity index (χ1) is 65.1. The molecule has 19 rings (SSSR count). The van der Waals surface area contributed by atoms with E-state index < -0.39 is 0 Å². The van der Waals surface area contributed by atoms with Gasteiger partial charge in [0.25, 0.3) is 0 Å². The van der Waals surface area contributed by atoms with Crippen molar-refractivity contribution in [2.75, 3.05) is 0 Å². The molecule has 690 valence electrons. The molecule has 0 aliphatic heterocycles. The third-order valence-electron chi connectivity index (χ3n) is 29.1. The predicted octanol–water partition coefficient (Wildman–Crippen LogP) is 38.9. The first kappa shape index (κ1) is 93.4. The Kier molecular flexibility index (Phi) is 23.5. The largest absolute Gasteiger partial charge is 0.309 e. The molecule has 2 nitrogen and oxygen atoms in total. The summed E-state index contributed by atoms with van der Waals surface area (Å²) in [5, 5.41) is 4.73. The molecule has 2 heterocycles. The molecule has 17 aromatic carbocycles. The van der Waals surface area contributed by atoms with Gasteiger partial charge in [-0.2, -0.15) is 0 Å². The van der Waals surface area contributed by atoms with E-state index in [1.165, 1.54) is 166 Å². The number of aryl methyl sites for hydroxylation is 2. The van der Waals surface area contributed by atoms with Crippen LogP contribution in [0.25, 0.3) is 189 Å². The van der Waals surface area contributed by atoms with Gasteiger partial charge in [-0.25, -0.2) is 0 Å². The number of aromatic nitrogens is 2. The highest BCUT2D eigenvalue weighted by atomic mass is 15.0. The zero-order chi connectivity index (χ0) is 97.6. The fourth-order valence-corrected chi connectivity index (χ4v) is 20.3. The lowest BCUT2D eigenvalue weighted by Gasteiger charge is -2.21. The quantitative estimate of drug-likeness (QED) is 0.103. The minimum absolute atomic E-state index is 0.00954. The van der Waals surface area contributed by atoms with Crippen LogP contribution in [0.3, 0.4) is 0 Å². The topological polar surface area (TPSA) is 9.86 Å². The third-order valence-corrected chi connectivity index (χ3v) is 29.1. The summed E-state index contributed by atoms with van der Waals surface area (Å²) in [6, 6.07) is 138. The van der Waals surface area contributed by atoms with Crippen molar-refractivity contribution in [1.82, 2.24) is 9.13 Å². The molecule has 0 aliphatic carbocycles. The van der Waals surface area contributed by atoms with Crippen molar-refractivity contribution in [2.45, 2.75) is 223 Å². The summed E-state index contributed by atoms with van der Waals surface area (Å²) in [7, 11) is 0. The van der Waals surface area contributed by atoms with E-state index in [0.29, 0.717) is 0 Å². The number of hydrogen-bond acceptors (Lipinski definition) is 0. The molecular weight excluding hydrogens is 1660 g/mol. The molecular formula is C136H136N2. The van der Waals surface area contributed by atoms with E-state index in [2.05, 4.69) is 541 Å². The van der Waals surface area contributed by atoms with Gasteiger partial charge in [-0.15, -0.1) is 0 Å². The van der Waals surface area contributed by atoms with Gasteiger partial charge < -0.3 is 9.13 Å². The van der Waals surface area contributed by atoms with Gasteiger partial charge in [0, 0.05) is 32.9 Å². The maximum absolute atomic E-state index is 2.60. The van der Waals surface area contributed by atoms with Crippen molar-refractivity contribution in [2.24, 2.45) is 0 Å². The third kappa shape index (κ3) is 18.9. The Morgan fingerprint density at radius 3 is 0.399 bits per heavy atom. The van der Waals surface area contributed by atoms with Gasteiger partial charge in [0.2, 0.25) is 0 Å². The summed E-state index contributed by atoms with van der Waals surface area (Å²) < 4.78 is 5.21. The fourth-order valence-electron chi connectivity index (χ4n) is 20.3. The minimum Gasteiger partial charge on any atom is -0.309 e. The molecule has 0 radical (unpaired) electrons. The Labute approximate surface area is 822 Å². The molecule has 0 aliphatic rings. The normalized spacial score (nSPS) is 12.7. The molecule has 0 saturated carbocycles. The Bertz CT molecular complexity index is 6730. The lowest BCUT2D eigenvalue weighted by molar-refractivity contribution is 0.590. The summed E-state index contributed by atoms with van der Waals surface area (Å²) in [4.78, 5) is 0. The fraction of sp³-hybridized carbons (Fsp3) is 0.250. The SMILES string of the molecule is Cc1ccc2c(c1)c1cc3c(cc1n2-c1cc(-c2cc(-c4ccc(C(C)(C)C)cc4)cc(-c4ccc(C(C)(C)C)cc4)c2)cc(-c2cc(-c4ccc(C(C)(C)C)cc4)cc(-c4ccc(C(C)(C)C)cc4)c2)c1)c1cc(C)ccc1n3-c1cc(-c2cc(-c3ccc(C(C)(C)C)cc3)cc(-c3ccc(C(C)(C)C)cc3)c2)cc(-c2cc(-c3ccc(C(C)(C)C)cc3)cc(-c3ccc(C(C)(C)C)cc3)c2)c1. The van der Waals surface area contributed by atoms with Gasteiger partial charge in [0.15, 0.2) is 0 Å².